The van der Waals surface area contributed by atoms with Crippen LogP contribution in [0.3, 0.4) is 0 Å². The molecule has 0 heterocycles. The molecule has 2 atom stereocenters. The van der Waals surface area contributed by atoms with Gasteiger partial charge in [-0.25, -0.2) is 0 Å². The molecule has 0 aliphatic carbocycles. The van der Waals surface area contributed by atoms with Crippen molar-refractivity contribution in [3.63, 3.8) is 0 Å². The molecule has 3 N–H and O–H groups in total. The van der Waals surface area contributed by atoms with Crippen molar-refractivity contribution in [2.75, 3.05) is 13.2 Å². The van der Waals surface area contributed by atoms with E-state index >= 15 is 0 Å². The minimum absolute atomic E-state index is 0.0264. The van der Waals surface area contributed by atoms with Gasteiger partial charge in [-0.1, -0.05) is 372 Å². The van der Waals surface area contributed by atoms with Crippen LogP contribution in [-0.4, -0.2) is 47.4 Å². The molecule has 0 bridgehead atoms. The highest BCUT2D eigenvalue weighted by Crippen LogP contribution is 2.19. The van der Waals surface area contributed by atoms with E-state index in [4.69, 9.17) is 4.74 Å². The maximum absolute atomic E-state index is 12.4. The van der Waals surface area contributed by atoms with E-state index in [0.717, 1.165) is 38.5 Å². The Bertz CT molecular complexity index is 1270. The first-order chi connectivity index (χ1) is 40.0. The monoisotopic (exact) mass is 1140 g/mol. The molecular formula is C75H145NO5. The number of ether oxygens (including phenoxy) is 1. The van der Waals surface area contributed by atoms with Crippen molar-refractivity contribution in [3.05, 3.63) is 24.3 Å². The molecule has 81 heavy (non-hydrogen) atoms. The Balaban J connectivity index is 3.29. The van der Waals surface area contributed by atoms with Crippen LogP contribution in [0.2, 0.25) is 0 Å². The highest BCUT2D eigenvalue weighted by molar-refractivity contribution is 5.76. The largest absolute Gasteiger partial charge is 0.466 e. The van der Waals surface area contributed by atoms with Gasteiger partial charge in [0, 0.05) is 12.8 Å². The van der Waals surface area contributed by atoms with Gasteiger partial charge in [-0.05, 0) is 57.8 Å². The molecule has 0 aliphatic rings. The lowest BCUT2D eigenvalue weighted by atomic mass is 10.0. The molecule has 0 spiro atoms. The summed E-state index contributed by atoms with van der Waals surface area (Å²) in [6, 6.07) is -0.622. The number of aliphatic hydroxyl groups is 2. The number of nitrogens with one attached hydrogen (secondary N) is 1. The van der Waals surface area contributed by atoms with Crippen molar-refractivity contribution in [3.8, 4) is 0 Å². The summed E-state index contributed by atoms with van der Waals surface area (Å²) in [7, 11) is 0. The van der Waals surface area contributed by atoms with Gasteiger partial charge < -0.3 is 20.3 Å². The summed E-state index contributed by atoms with van der Waals surface area (Å²) in [5.41, 5.74) is 0. The van der Waals surface area contributed by atoms with Crippen LogP contribution in [-0.2, 0) is 14.3 Å². The third-order valence-electron chi connectivity index (χ3n) is 17.5. The zero-order chi connectivity index (χ0) is 58.5. The second-order valence-electron chi connectivity index (χ2n) is 25.6. The van der Waals surface area contributed by atoms with Gasteiger partial charge in [0.2, 0.25) is 5.91 Å². The Morgan fingerprint density at radius 2 is 0.580 bits per heavy atom. The molecule has 0 aliphatic heterocycles. The fraction of sp³-hybridized carbons (Fsp3) is 0.920. The number of amides is 1. The SMILES string of the molecule is CCCCCCCCC/C=C/C(O)C(CO)NC(=O)CCCCCCCCCCCCCCCCCCC/C=C\CCCCCCCCCCCCCCCCCCCCOC(=O)CCCCCCCCCCCCCCCCCC. The van der Waals surface area contributed by atoms with E-state index in [1.54, 1.807) is 6.08 Å². The molecule has 0 radical (unpaired) electrons. The standard InChI is InChI=1S/C75H145NO5/c1-3-5-7-9-11-13-14-15-16-43-46-49-53-57-61-65-69-75(80)81-70-66-62-58-54-50-47-44-41-39-37-35-33-31-29-27-25-23-21-19-17-18-20-22-24-26-28-30-32-34-36-38-40-42-45-48-52-56-60-64-68-74(79)76-72(71-77)73(78)67-63-59-55-51-12-10-8-6-4-2/h17-18,63,67,72-73,77-78H,3-16,19-62,64-66,68-71H2,1-2H3,(H,76,79)/b18-17-,67-63+. The summed E-state index contributed by atoms with van der Waals surface area (Å²) < 4.78 is 5.51. The van der Waals surface area contributed by atoms with Crippen LogP contribution < -0.4 is 5.32 Å². The fourth-order valence-corrected chi connectivity index (χ4v) is 11.8. The molecular weight excluding hydrogens is 995 g/mol. The second-order valence-corrected chi connectivity index (χ2v) is 25.6. The lowest BCUT2D eigenvalue weighted by Crippen LogP contribution is -2.45. The smallest absolute Gasteiger partial charge is 0.305 e. The zero-order valence-corrected chi connectivity index (χ0v) is 55.0. The van der Waals surface area contributed by atoms with Crippen LogP contribution in [0.5, 0.6) is 0 Å². The van der Waals surface area contributed by atoms with Crippen molar-refractivity contribution < 1.29 is 24.5 Å². The van der Waals surface area contributed by atoms with Gasteiger partial charge in [-0.3, -0.25) is 9.59 Å². The van der Waals surface area contributed by atoms with Gasteiger partial charge in [-0.15, -0.1) is 0 Å². The number of esters is 1. The van der Waals surface area contributed by atoms with E-state index in [-0.39, 0.29) is 18.5 Å². The first-order valence-corrected chi connectivity index (χ1v) is 37.1. The van der Waals surface area contributed by atoms with Crippen molar-refractivity contribution in [2.24, 2.45) is 0 Å². The highest BCUT2D eigenvalue weighted by Gasteiger charge is 2.18. The first-order valence-electron chi connectivity index (χ1n) is 37.1. The average molecular weight is 1140 g/mol. The molecule has 0 aromatic heterocycles. The lowest BCUT2D eigenvalue weighted by molar-refractivity contribution is -0.143. The Morgan fingerprint density at radius 1 is 0.333 bits per heavy atom. The zero-order valence-electron chi connectivity index (χ0n) is 55.0. The number of carbonyl (C=O) groups excluding carboxylic acids is 2. The Hall–Kier alpha value is -1.66. The van der Waals surface area contributed by atoms with Crippen LogP contribution in [0.15, 0.2) is 24.3 Å². The summed E-state index contributed by atoms with van der Waals surface area (Å²) >= 11 is 0. The summed E-state index contributed by atoms with van der Waals surface area (Å²) in [6.45, 7) is 4.92. The van der Waals surface area contributed by atoms with Gasteiger partial charge in [0.25, 0.3) is 0 Å². The predicted molar refractivity (Wildman–Crippen MR) is 356 cm³/mol. The van der Waals surface area contributed by atoms with E-state index in [1.807, 2.05) is 6.08 Å². The minimum Gasteiger partial charge on any atom is -0.466 e. The van der Waals surface area contributed by atoms with E-state index in [2.05, 4.69) is 31.3 Å². The molecule has 0 saturated carbocycles. The number of unbranched alkanes of at least 4 members (excludes halogenated alkanes) is 57. The summed E-state index contributed by atoms with van der Waals surface area (Å²) in [5, 5.41) is 23.0. The van der Waals surface area contributed by atoms with Gasteiger partial charge in [0.05, 0.1) is 25.4 Å². The van der Waals surface area contributed by atoms with E-state index in [1.165, 1.54) is 353 Å². The lowest BCUT2D eigenvalue weighted by Gasteiger charge is -2.20. The number of carbonyl (C=O) groups is 2. The average Bonchev–Trinajstić information content (AvgIpc) is 3.47. The molecule has 1 amide bonds. The molecule has 0 rings (SSSR count). The van der Waals surface area contributed by atoms with Gasteiger partial charge in [0.1, 0.15) is 0 Å². The number of hydrogen-bond donors (Lipinski definition) is 3. The molecule has 0 aromatic rings. The summed E-state index contributed by atoms with van der Waals surface area (Å²) in [6.07, 6.45) is 90.2. The second kappa shape index (κ2) is 70.8. The van der Waals surface area contributed by atoms with Crippen molar-refractivity contribution in [1.82, 2.24) is 5.32 Å². The third kappa shape index (κ3) is 67.3. The Morgan fingerprint density at radius 3 is 0.877 bits per heavy atom. The normalized spacial score (nSPS) is 12.6. The number of aliphatic hydroxyl groups excluding tert-OH is 2. The topological polar surface area (TPSA) is 95.9 Å². The molecule has 480 valence electrons. The van der Waals surface area contributed by atoms with Crippen molar-refractivity contribution in [2.45, 2.75) is 431 Å². The van der Waals surface area contributed by atoms with E-state index < -0.39 is 12.1 Å². The van der Waals surface area contributed by atoms with Gasteiger partial charge in [-0.2, -0.15) is 0 Å². The first kappa shape index (κ1) is 79.3. The van der Waals surface area contributed by atoms with Crippen LogP contribution in [0.1, 0.15) is 418 Å². The van der Waals surface area contributed by atoms with Gasteiger partial charge >= 0.3 is 5.97 Å². The highest BCUT2D eigenvalue weighted by atomic mass is 16.5. The quantitative estimate of drug-likeness (QED) is 0.0320. The van der Waals surface area contributed by atoms with E-state index in [9.17, 15) is 19.8 Å². The Kier molecular flexibility index (Phi) is 69.4. The maximum atomic E-state index is 12.4. The van der Waals surface area contributed by atoms with Crippen LogP contribution in [0.25, 0.3) is 0 Å². The maximum Gasteiger partial charge on any atom is 0.305 e. The minimum atomic E-state index is -0.838. The van der Waals surface area contributed by atoms with E-state index in [0.29, 0.717) is 19.4 Å². The molecule has 6 heteroatoms. The van der Waals surface area contributed by atoms with Crippen molar-refractivity contribution >= 4 is 11.9 Å². The van der Waals surface area contributed by atoms with Crippen LogP contribution in [0.4, 0.5) is 0 Å². The number of hydrogen-bond acceptors (Lipinski definition) is 5. The van der Waals surface area contributed by atoms with Gasteiger partial charge in [0.15, 0.2) is 0 Å². The predicted octanol–water partition coefficient (Wildman–Crippen LogP) is 24.1. The molecule has 6 nitrogen and oxygen atoms in total. The number of rotatable bonds is 70. The Labute approximate surface area is 507 Å². The third-order valence-corrected chi connectivity index (χ3v) is 17.5. The van der Waals surface area contributed by atoms with Crippen LogP contribution in [0, 0.1) is 0 Å². The summed E-state index contributed by atoms with van der Waals surface area (Å²) in [5.74, 6) is -0.0382. The van der Waals surface area contributed by atoms with Crippen LogP contribution >= 0.6 is 0 Å². The molecule has 0 aromatic carbocycles. The number of allylic oxidation sites excluding steroid dienone is 3. The fourth-order valence-electron chi connectivity index (χ4n) is 11.8. The summed E-state index contributed by atoms with van der Waals surface area (Å²) in [4.78, 5) is 24.5. The van der Waals surface area contributed by atoms with Crippen molar-refractivity contribution in [1.29, 1.82) is 0 Å². The molecule has 2 unspecified atom stereocenters. The molecule has 0 fully saturated rings. The molecule has 0 saturated heterocycles.